The normalized spacial score (nSPS) is 17.0. The summed E-state index contributed by atoms with van der Waals surface area (Å²) >= 11 is 0. The Morgan fingerprint density at radius 1 is 0.818 bits per heavy atom. The number of ether oxygens (including phenoxy) is 4. The van der Waals surface area contributed by atoms with Gasteiger partial charge in [0.2, 0.25) is 7.51 Å². The molecule has 0 heterocycles. The van der Waals surface area contributed by atoms with Gasteiger partial charge in [-0.2, -0.15) is 0 Å². The summed E-state index contributed by atoms with van der Waals surface area (Å²) in [6, 6.07) is 0. The fourth-order valence-electron chi connectivity index (χ4n) is 1.77. The van der Waals surface area contributed by atoms with E-state index in [1.807, 2.05) is 6.66 Å². The fraction of sp³-hybridized carbons (Fsp3) is 1.00. The van der Waals surface area contributed by atoms with Crippen molar-refractivity contribution < 1.29 is 28.0 Å². The maximum Gasteiger partial charge on any atom is 0.209 e. The van der Waals surface area contributed by atoms with Crippen molar-refractivity contribution in [3.8, 4) is 0 Å². The highest BCUT2D eigenvalue weighted by Crippen LogP contribution is 2.47. The number of hydrogen-bond acceptors (Lipinski definition) is 7. The van der Waals surface area contributed by atoms with Crippen molar-refractivity contribution in [2.45, 2.75) is 25.0 Å². The van der Waals surface area contributed by atoms with Crippen LogP contribution >= 0.6 is 7.51 Å². The van der Waals surface area contributed by atoms with Gasteiger partial charge in [0.05, 0.1) is 38.6 Å². The first-order valence-corrected chi connectivity index (χ1v) is 9.38. The minimum absolute atomic E-state index is 0.0230. The highest BCUT2D eigenvalue weighted by Gasteiger charge is 2.17. The van der Waals surface area contributed by atoms with E-state index in [1.165, 1.54) is 0 Å². The average molecular weight is 341 g/mol. The highest BCUT2D eigenvalue weighted by atomic mass is 31.2. The van der Waals surface area contributed by atoms with Gasteiger partial charge < -0.3 is 28.0 Å². The summed E-state index contributed by atoms with van der Waals surface area (Å²) in [5.74, 6) is 0. The molecule has 22 heavy (non-hydrogen) atoms. The summed E-state index contributed by atoms with van der Waals surface area (Å²) in [5, 5.41) is 0. The largest absolute Gasteiger partial charge is 0.382 e. The second kappa shape index (κ2) is 13.4. The lowest BCUT2D eigenvalue weighted by molar-refractivity contribution is 0.0119. The third-order valence-electron chi connectivity index (χ3n) is 3.28. The number of rotatable bonds is 14. The molecular formula is C14H32NO6P. The Hall–Kier alpha value is -0.0100. The van der Waals surface area contributed by atoms with Gasteiger partial charge in [0.1, 0.15) is 0 Å². The Kier molecular flexibility index (Phi) is 13.4. The van der Waals surface area contributed by atoms with Crippen LogP contribution in [0.3, 0.4) is 0 Å². The topological polar surface area (TPSA) is 67.7 Å². The molecule has 0 aromatic rings. The standard InChI is InChI=1S/C14H32NO6P/c1-15-22(6,20-9-7-13(18-4)11-16-2)21-10-8-14(19-5)12-17-3/h13-14H,7-12H2,1-6H3. The lowest BCUT2D eigenvalue weighted by Gasteiger charge is -2.22. The summed E-state index contributed by atoms with van der Waals surface area (Å²) in [6.07, 6.45) is 1.52. The first-order valence-electron chi connectivity index (χ1n) is 7.35. The van der Waals surface area contributed by atoms with Gasteiger partial charge in [-0.05, 0) is 12.8 Å². The van der Waals surface area contributed by atoms with Crippen LogP contribution in [0.1, 0.15) is 12.8 Å². The minimum atomic E-state index is -2.19. The summed E-state index contributed by atoms with van der Waals surface area (Å²) in [5.41, 5.74) is 0. The molecule has 2 unspecified atom stereocenters. The van der Waals surface area contributed by atoms with Crippen molar-refractivity contribution in [3.63, 3.8) is 0 Å². The maximum atomic E-state index is 5.85. The van der Waals surface area contributed by atoms with Crippen LogP contribution in [0, 0.1) is 0 Å². The maximum absolute atomic E-state index is 5.85. The molecule has 0 spiro atoms. The molecule has 0 aliphatic rings. The van der Waals surface area contributed by atoms with Crippen molar-refractivity contribution in [3.05, 3.63) is 0 Å². The first-order chi connectivity index (χ1) is 10.5. The van der Waals surface area contributed by atoms with E-state index < -0.39 is 7.51 Å². The van der Waals surface area contributed by atoms with Crippen LogP contribution in [0.25, 0.3) is 0 Å². The van der Waals surface area contributed by atoms with Crippen LogP contribution in [-0.2, 0) is 28.0 Å². The zero-order valence-electron chi connectivity index (χ0n) is 14.7. The van der Waals surface area contributed by atoms with Crippen LogP contribution in [0.15, 0.2) is 4.74 Å². The molecule has 0 fully saturated rings. The molecule has 0 N–H and O–H groups in total. The molecule has 0 saturated carbocycles. The molecule has 0 aromatic carbocycles. The number of hydrogen-bond donors (Lipinski definition) is 0. The van der Waals surface area contributed by atoms with Gasteiger partial charge in [-0.1, -0.05) is 0 Å². The first kappa shape index (κ1) is 22.0. The van der Waals surface area contributed by atoms with E-state index >= 15 is 0 Å². The SMILES string of the molecule is CN=P(C)(OCCC(COC)OC)OCCC(COC)OC. The molecule has 0 radical (unpaired) electrons. The molecule has 0 bridgehead atoms. The molecule has 8 heteroatoms. The minimum Gasteiger partial charge on any atom is -0.382 e. The van der Waals surface area contributed by atoms with Gasteiger partial charge in [-0.3, -0.25) is 4.74 Å². The molecule has 134 valence electrons. The lowest BCUT2D eigenvalue weighted by atomic mass is 10.3. The van der Waals surface area contributed by atoms with Gasteiger partial charge in [-0.15, -0.1) is 0 Å². The van der Waals surface area contributed by atoms with Crippen LogP contribution in [-0.4, -0.2) is 80.8 Å². The monoisotopic (exact) mass is 341 g/mol. The predicted octanol–water partition coefficient (Wildman–Crippen LogP) is 2.41. The molecule has 7 nitrogen and oxygen atoms in total. The predicted molar refractivity (Wildman–Crippen MR) is 87.7 cm³/mol. The lowest BCUT2D eigenvalue weighted by Crippen LogP contribution is -2.20. The van der Waals surface area contributed by atoms with Gasteiger partial charge >= 0.3 is 0 Å². The van der Waals surface area contributed by atoms with Crippen molar-refractivity contribution in [2.24, 2.45) is 4.74 Å². The zero-order chi connectivity index (χ0) is 16.8. The summed E-state index contributed by atoms with van der Waals surface area (Å²) in [7, 11) is 6.17. The van der Waals surface area contributed by atoms with Crippen LogP contribution in [0.4, 0.5) is 0 Å². The van der Waals surface area contributed by atoms with Gasteiger partial charge in [0.15, 0.2) is 0 Å². The zero-order valence-corrected chi connectivity index (χ0v) is 15.6. The summed E-state index contributed by atoms with van der Waals surface area (Å²) < 4.78 is 36.7. The molecule has 0 aliphatic carbocycles. The smallest absolute Gasteiger partial charge is 0.209 e. The summed E-state index contributed by atoms with van der Waals surface area (Å²) in [4.78, 5) is 0. The molecule has 0 aliphatic heterocycles. The number of methoxy groups -OCH3 is 4. The van der Waals surface area contributed by atoms with Crippen molar-refractivity contribution in [1.82, 2.24) is 0 Å². The van der Waals surface area contributed by atoms with E-state index in [0.717, 1.165) is 12.8 Å². The van der Waals surface area contributed by atoms with Gasteiger partial charge in [-0.25, -0.2) is 0 Å². The second-order valence-electron chi connectivity index (χ2n) is 4.87. The second-order valence-corrected chi connectivity index (χ2v) is 7.40. The Balaban J connectivity index is 4.13. The molecular weight excluding hydrogens is 309 g/mol. The fourth-order valence-corrected chi connectivity index (χ4v) is 2.96. The van der Waals surface area contributed by atoms with Gasteiger partial charge in [0.25, 0.3) is 0 Å². The highest BCUT2D eigenvalue weighted by molar-refractivity contribution is 7.55. The molecule has 2 atom stereocenters. The van der Waals surface area contributed by atoms with Gasteiger partial charge in [0, 0.05) is 42.2 Å². The Labute approximate surface area is 134 Å². The van der Waals surface area contributed by atoms with Crippen LogP contribution in [0.5, 0.6) is 0 Å². The molecule has 0 amide bonds. The average Bonchev–Trinajstić information content (AvgIpc) is 2.53. The molecule has 0 rings (SSSR count). The van der Waals surface area contributed by atoms with Crippen molar-refractivity contribution in [2.75, 3.05) is 68.6 Å². The Morgan fingerprint density at radius 2 is 1.23 bits per heavy atom. The third kappa shape index (κ3) is 9.90. The van der Waals surface area contributed by atoms with E-state index in [-0.39, 0.29) is 12.2 Å². The Bertz CT molecular complexity index is 292. The van der Waals surface area contributed by atoms with Crippen LogP contribution in [0.2, 0.25) is 0 Å². The Morgan fingerprint density at radius 3 is 1.50 bits per heavy atom. The van der Waals surface area contributed by atoms with E-state index in [4.69, 9.17) is 28.0 Å². The quantitative estimate of drug-likeness (QED) is 0.452. The van der Waals surface area contributed by atoms with E-state index in [0.29, 0.717) is 26.4 Å². The third-order valence-corrected chi connectivity index (χ3v) is 5.33. The van der Waals surface area contributed by atoms with Crippen molar-refractivity contribution >= 4 is 7.51 Å². The molecule has 0 saturated heterocycles. The van der Waals surface area contributed by atoms with Crippen molar-refractivity contribution in [1.29, 1.82) is 0 Å². The van der Waals surface area contributed by atoms with E-state index in [1.54, 1.807) is 35.5 Å². The summed E-state index contributed by atoms with van der Waals surface area (Å²) in [6.45, 7) is 4.05. The van der Waals surface area contributed by atoms with E-state index in [2.05, 4.69) is 4.74 Å². The van der Waals surface area contributed by atoms with E-state index in [9.17, 15) is 0 Å². The number of nitrogens with zero attached hydrogens (tertiary/aromatic N) is 1. The molecule has 0 aromatic heterocycles. The van der Waals surface area contributed by atoms with Crippen LogP contribution < -0.4 is 0 Å².